The molecule has 0 aliphatic carbocycles. The van der Waals surface area contributed by atoms with E-state index in [1.54, 1.807) is 0 Å². The standard InChI is InChI=1S/2C6H14O7.Ti/c2*7-3(8)1-6(13,5(11)12)2-4(9)10;/h2*3-5,7-13H,1-2H2;. The summed E-state index contributed by atoms with van der Waals surface area (Å²) in [4.78, 5) is 0. The van der Waals surface area contributed by atoms with Gasteiger partial charge in [-0.1, -0.05) is 0 Å². The SMILES string of the molecule is OC(O)CC(O)(CC(O)O)C(O)O.OC(O)CC(O)(CC(O)O)C(O)O.[Ti]. The minimum Gasteiger partial charge on any atom is -0.384 e. The first-order valence-electron chi connectivity index (χ1n) is 7.17. The number of aliphatic hydroxyl groups is 14. The zero-order valence-corrected chi connectivity index (χ0v) is 15.6. The van der Waals surface area contributed by atoms with Crippen LogP contribution in [0.4, 0.5) is 0 Å². The summed E-state index contributed by atoms with van der Waals surface area (Å²) in [5.41, 5.74) is -4.69. The van der Waals surface area contributed by atoms with Gasteiger partial charge in [-0.05, 0) is 0 Å². The molecule has 0 unspecified atom stereocenters. The average Bonchev–Trinajstić information content (AvgIpc) is 2.34. The van der Waals surface area contributed by atoms with Gasteiger partial charge in [0.25, 0.3) is 0 Å². The zero-order chi connectivity index (χ0) is 21.3. The van der Waals surface area contributed by atoms with Crippen LogP contribution in [0.2, 0.25) is 0 Å². The van der Waals surface area contributed by atoms with E-state index in [0.29, 0.717) is 0 Å². The Hall–Kier alpha value is 0.154. The van der Waals surface area contributed by atoms with Gasteiger partial charge >= 0.3 is 0 Å². The van der Waals surface area contributed by atoms with Gasteiger partial charge in [-0.3, -0.25) is 0 Å². The molecule has 0 aromatic heterocycles. The van der Waals surface area contributed by atoms with E-state index in [0.717, 1.165) is 0 Å². The normalized spacial score (nSPS) is 12.9. The maximum Gasteiger partial charge on any atom is 0.181 e. The van der Waals surface area contributed by atoms with E-state index >= 15 is 0 Å². The van der Waals surface area contributed by atoms with E-state index in [2.05, 4.69) is 0 Å². The van der Waals surface area contributed by atoms with Crippen LogP contribution in [0.15, 0.2) is 0 Å². The molecule has 0 saturated heterocycles. The van der Waals surface area contributed by atoms with Crippen molar-refractivity contribution in [3.05, 3.63) is 0 Å². The topological polar surface area (TPSA) is 283 Å². The van der Waals surface area contributed by atoms with E-state index in [4.69, 9.17) is 61.3 Å². The fourth-order valence-electron chi connectivity index (χ4n) is 1.85. The Morgan fingerprint density at radius 2 is 0.556 bits per heavy atom. The molecule has 0 fully saturated rings. The Balaban J connectivity index is -0.000000411. The van der Waals surface area contributed by atoms with Gasteiger partial charge in [-0.25, -0.2) is 0 Å². The molecule has 14 nitrogen and oxygen atoms in total. The Morgan fingerprint density at radius 1 is 0.407 bits per heavy atom. The van der Waals surface area contributed by atoms with Crippen molar-refractivity contribution in [1.82, 2.24) is 0 Å². The van der Waals surface area contributed by atoms with Crippen LogP contribution in [0.5, 0.6) is 0 Å². The second-order valence-electron chi connectivity index (χ2n) is 5.69. The number of hydrogen-bond acceptors (Lipinski definition) is 14. The molecule has 0 heterocycles. The monoisotopic (exact) mass is 444 g/mol. The van der Waals surface area contributed by atoms with Crippen molar-refractivity contribution in [2.45, 2.75) is 74.6 Å². The fraction of sp³-hybridized carbons (Fsp3) is 1.00. The molecule has 0 atom stereocenters. The summed E-state index contributed by atoms with van der Waals surface area (Å²) in [6, 6.07) is 0. The molecule has 15 heteroatoms. The van der Waals surface area contributed by atoms with Crippen LogP contribution in [0, 0.1) is 0 Å². The van der Waals surface area contributed by atoms with Crippen molar-refractivity contribution in [2.75, 3.05) is 0 Å². The smallest absolute Gasteiger partial charge is 0.181 e. The van der Waals surface area contributed by atoms with Crippen LogP contribution in [0.25, 0.3) is 0 Å². The van der Waals surface area contributed by atoms with E-state index in [1.165, 1.54) is 0 Å². The third-order valence-corrected chi connectivity index (χ3v) is 3.11. The summed E-state index contributed by atoms with van der Waals surface area (Å²) in [5, 5.41) is 121. The van der Waals surface area contributed by atoms with Crippen molar-refractivity contribution >= 4 is 0 Å². The molecule has 0 aliphatic rings. The summed E-state index contributed by atoms with van der Waals surface area (Å²) in [7, 11) is 0. The van der Waals surface area contributed by atoms with E-state index < -0.39 is 74.6 Å². The van der Waals surface area contributed by atoms with Crippen LogP contribution >= 0.6 is 0 Å². The molecule has 14 N–H and O–H groups in total. The maximum atomic E-state index is 9.29. The quantitative estimate of drug-likeness (QED) is 0.110. The van der Waals surface area contributed by atoms with Crippen LogP contribution in [-0.2, 0) is 21.7 Å². The van der Waals surface area contributed by atoms with Gasteiger partial charge in [0.15, 0.2) is 37.7 Å². The fourth-order valence-corrected chi connectivity index (χ4v) is 1.85. The van der Waals surface area contributed by atoms with Crippen molar-refractivity contribution in [3.8, 4) is 0 Å². The molecular weight excluding hydrogens is 416 g/mol. The molecule has 0 aromatic rings. The van der Waals surface area contributed by atoms with Gasteiger partial charge in [-0.15, -0.1) is 0 Å². The first kappa shape index (κ1) is 31.8. The Morgan fingerprint density at radius 3 is 0.630 bits per heavy atom. The molecular formula is C12H28O14Ti. The second kappa shape index (κ2) is 14.2. The predicted molar refractivity (Wildman–Crippen MR) is 77.7 cm³/mol. The molecule has 0 spiro atoms. The van der Waals surface area contributed by atoms with Crippen molar-refractivity contribution in [1.29, 1.82) is 0 Å². The van der Waals surface area contributed by atoms with E-state index in [1.807, 2.05) is 0 Å². The molecule has 0 aromatic carbocycles. The van der Waals surface area contributed by atoms with Gasteiger partial charge in [0, 0.05) is 47.4 Å². The molecule has 0 bridgehead atoms. The first-order chi connectivity index (χ1) is 11.6. The van der Waals surface area contributed by atoms with Crippen molar-refractivity contribution in [3.63, 3.8) is 0 Å². The van der Waals surface area contributed by atoms with Crippen LogP contribution in [0.1, 0.15) is 25.7 Å². The third-order valence-electron chi connectivity index (χ3n) is 3.11. The minimum atomic E-state index is -2.34. The largest absolute Gasteiger partial charge is 0.384 e. The summed E-state index contributed by atoms with van der Waals surface area (Å²) >= 11 is 0. The number of hydrogen-bond donors (Lipinski definition) is 14. The summed E-state index contributed by atoms with van der Waals surface area (Å²) in [6.07, 6.45) is -15.6. The minimum absolute atomic E-state index is 0. The van der Waals surface area contributed by atoms with Gasteiger partial charge in [0.05, 0.1) is 0 Å². The molecule has 0 aliphatic heterocycles. The van der Waals surface area contributed by atoms with E-state index in [-0.39, 0.29) is 21.7 Å². The molecule has 27 heavy (non-hydrogen) atoms. The van der Waals surface area contributed by atoms with Gasteiger partial charge < -0.3 is 71.5 Å². The van der Waals surface area contributed by atoms with Gasteiger partial charge in [0.2, 0.25) is 0 Å². The molecule has 0 saturated carbocycles. The molecule has 0 rings (SSSR count). The average molecular weight is 444 g/mol. The van der Waals surface area contributed by atoms with Gasteiger partial charge in [0.1, 0.15) is 11.2 Å². The zero-order valence-electron chi connectivity index (χ0n) is 14.1. The molecule has 0 radical (unpaired) electrons. The summed E-state index contributed by atoms with van der Waals surface area (Å²) in [6.45, 7) is 0. The summed E-state index contributed by atoms with van der Waals surface area (Å²) in [5.74, 6) is 0. The third kappa shape index (κ3) is 14.8. The van der Waals surface area contributed by atoms with Gasteiger partial charge in [-0.2, -0.15) is 0 Å². The number of aliphatic hydroxyl groups excluding tert-OH is 6. The predicted octanol–water partition coefficient (Wildman–Crippen LogP) is -7.14. The first-order valence-corrected chi connectivity index (χ1v) is 7.17. The van der Waals surface area contributed by atoms with Crippen molar-refractivity contribution in [2.24, 2.45) is 0 Å². The second-order valence-corrected chi connectivity index (χ2v) is 5.69. The Labute approximate surface area is 168 Å². The van der Waals surface area contributed by atoms with E-state index in [9.17, 15) is 10.2 Å². The Kier molecular flexibility index (Phi) is 16.7. The van der Waals surface area contributed by atoms with Crippen LogP contribution in [0.3, 0.4) is 0 Å². The molecule has 0 amide bonds. The van der Waals surface area contributed by atoms with Crippen molar-refractivity contribution < 1.29 is 93.2 Å². The van der Waals surface area contributed by atoms with Crippen LogP contribution < -0.4 is 0 Å². The Bertz CT molecular complexity index is 308. The van der Waals surface area contributed by atoms with Crippen LogP contribution in [-0.4, -0.2) is 120 Å². The molecule has 164 valence electrons. The maximum absolute atomic E-state index is 9.29. The number of rotatable bonds is 10. The summed E-state index contributed by atoms with van der Waals surface area (Å²) < 4.78 is 0.